The number of rotatable bonds is 6. The molecule has 0 N–H and O–H groups in total. The maximum Gasteiger partial charge on any atom is 0.243 e. The van der Waals surface area contributed by atoms with Gasteiger partial charge in [0.25, 0.3) is 0 Å². The van der Waals surface area contributed by atoms with Gasteiger partial charge in [-0.2, -0.15) is 9.78 Å². The summed E-state index contributed by atoms with van der Waals surface area (Å²) in [4.78, 5) is 11.3. The highest BCUT2D eigenvalue weighted by Crippen LogP contribution is 2.10. The third-order valence-electron chi connectivity index (χ3n) is 1.48. The molecule has 0 radical (unpaired) electrons. The molecule has 0 aromatic carbocycles. The Balaban J connectivity index is 2.20. The zero-order chi connectivity index (χ0) is 8.81. The third kappa shape index (κ3) is 2.75. The molecular formula is C8H13NO3. The van der Waals surface area contributed by atoms with E-state index < -0.39 is 0 Å². The Labute approximate surface area is 71.9 Å². The van der Waals surface area contributed by atoms with E-state index in [9.17, 15) is 0 Å². The predicted octanol–water partition coefficient (Wildman–Crippen LogP) is 0.880. The van der Waals surface area contributed by atoms with Crippen LogP contribution in [0.2, 0.25) is 0 Å². The first-order valence-corrected chi connectivity index (χ1v) is 3.79. The fourth-order valence-corrected chi connectivity index (χ4v) is 0.955. The lowest BCUT2D eigenvalue weighted by atomic mass is 10.4. The third-order valence-corrected chi connectivity index (χ3v) is 1.48. The molecule has 1 heterocycles. The lowest BCUT2D eigenvalue weighted by Gasteiger charge is -2.27. The minimum Gasteiger partial charge on any atom is -0.291 e. The fraction of sp³-hybridized carbons (Fsp3) is 0.500. The summed E-state index contributed by atoms with van der Waals surface area (Å²) in [5, 5.41) is 4.11. The van der Waals surface area contributed by atoms with Gasteiger partial charge < -0.3 is 0 Å². The Kier molecular flexibility index (Phi) is 3.96. The molecule has 1 saturated heterocycles. The van der Waals surface area contributed by atoms with E-state index in [4.69, 9.17) is 0 Å². The van der Waals surface area contributed by atoms with Gasteiger partial charge in [0, 0.05) is 13.1 Å². The summed E-state index contributed by atoms with van der Waals surface area (Å²) in [6.45, 7) is 9.53. The quantitative estimate of drug-likeness (QED) is 0.438. The molecule has 1 aliphatic heterocycles. The lowest BCUT2D eigenvalue weighted by molar-refractivity contribution is -0.690. The number of hydrogen-bond acceptors (Lipinski definition) is 4. The van der Waals surface area contributed by atoms with Crippen molar-refractivity contribution in [3.63, 3.8) is 0 Å². The molecule has 0 atom stereocenters. The highest BCUT2D eigenvalue weighted by atomic mass is 17.6. The van der Waals surface area contributed by atoms with Crippen LogP contribution in [0.15, 0.2) is 25.3 Å². The van der Waals surface area contributed by atoms with E-state index in [0.29, 0.717) is 6.54 Å². The largest absolute Gasteiger partial charge is 0.291 e. The Bertz CT molecular complexity index is 146. The van der Waals surface area contributed by atoms with Gasteiger partial charge in [0.1, 0.15) is 0 Å². The van der Waals surface area contributed by atoms with E-state index in [0.717, 1.165) is 13.1 Å². The minimum atomic E-state index is -0.273. The summed E-state index contributed by atoms with van der Waals surface area (Å²) in [6, 6.07) is 0. The van der Waals surface area contributed by atoms with E-state index in [1.54, 1.807) is 0 Å². The minimum absolute atomic E-state index is 0.273. The zero-order valence-corrected chi connectivity index (χ0v) is 6.94. The molecule has 0 aliphatic carbocycles. The summed E-state index contributed by atoms with van der Waals surface area (Å²) in [5.74, 6) is 0. The zero-order valence-electron chi connectivity index (χ0n) is 6.94. The van der Waals surface area contributed by atoms with Crippen LogP contribution in [-0.2, 0) is 14.8 Å². The van der Waals surface area contributed by atoms with Crippen molar-refractivity contribution in [3.05, 3.63) is 25.3 Å². The van der Waals surface area contributed by atoms with E-state index in [1.807, 2.05) is 12.2 Å². The second-order valence-corrected chi connectivity index (χ2v) is 2.49. The molecule has 0 bridgehead atoms. The lowest BCUT2D eigenvalue weighted by Crippen LogP contribution is -2.41. The Hall–Kier alpha value is -0.680. The fourth-order valence-electron chi connectivity index (χ4n) is 0.955. The smallest absolute Gasteiger partial charge is 0.243 e. The Morgan fingerprint density at radius 1 is 1.17 bits per heavy atom. The van der Waals surface area contributed by atoms with E-state index >= 15 is 0 Å². The van der Waals surface area contributed by atoms with Crippen LogP contribution in [-0.4, -0.2) is 30.8 Å². The van der Waals surface area contributed by atoms with Gasteiger partial charge in [-0.1, -0.05) is 17.2 Å². The van der Waals surface area contributed by atoms with Crippen molar-refractivity contribution in [2.24, 2.45) is 0 Å². The van der Waals surface area contributed by atoms with Gasteiger partial charge in [-0.05, 0) is 0 Å². The molecule has 0 aromatic rings. The molecule has 1 rings (SSSR count). The Morgan fingerprint density at radius 2 is 1.75 bits per heavy atom. The summed E-state index contributed by atoms with van der Waals surface area (Å²) >= 11 is 0. The van der Waals surface area contributed by atoms with Crippen LogP contribution in [0, 0.1) is 0 Å². The monoisotopic (exact) mass is 171 g/mol. The van der Waals surface area contributed by atoms with Crippen molar-refractivity contribution in [2.75, 3.05) is 19.6 Å². The molecule has 1 aliphatic rings. The first kappa shape index (κ1) is 9.41. The molecule has 0 unspecified atom stereocenters. The summed E-state index contributed by atoms with van der Waals surface area (Å²) in [5.41, 5.74) is 0. The number of nitrogens with zero attached hydrogens (tertiary/aromatic N) is 1. The molecular weight excluding hydrogens is 158 g/mol. The maximum atomic E-state index is 4.62. The van der Waals surface area contributed by atoms with Crippen molar-refractivity contribution < 1.29 is 14.8 Å². The van der Waals surface area contributed by atoms with Crippen LogP contribution in [0.1, 0.15) is 0 Å². The highest BCUT2D eigenvalue weighted by molar-refractivity contribution is 4.80. The maximum absolute atomic E-state index is 4.62. The van der Waals surface area contributed by atoms with E-state index in [-0.39, 0.29) is 6.29 Å². The van der Waals surface area contributed by atoms with E-state index in [1.165, 1.54) is 0 Å². The average Bonchev–Trinajstić information content (AvgIpc) is 1.97. The van der Waals surface area contributed by atoms with Crippen molar-refractivity contribution in [2.45, 2.75) is 6.29 Å². The Morgan fingerprint density at radius 3 is 2.08 bits per heavy atom. The van der Waals surface area contributed by atoms with Gasteiger partial charge in [-0.3, -0.25) is 4.90 Å². The average molecular weight is 171 g/mol. The first-order chi connectivity index (χ1) is 5.86. The summed E-state index contributed by atoms with van der Waals surface area (Å²) in [6.07, 6.45) is 3.37. The molecule has 1 fully saturated rings. The summed E-state index contributed by atoms with van der Waals surface area (Å²) < 4.78 is 0. The highest BCUT2D eigenvalue weighted by Gasteiger charge is 2.24. The topological polar surface area (TPSA) is 30.9 Å². The molecule has 12 heavy (non-hydrogen) atoms. The molecule has 0 aromatic heterocycles. The summed E-state index contributed by atoms with van der Waals surface area (Å²) in [7, 11) is 0. The first-order valence-electron chi connectivity index (χ1n) is 3.79. The van der Waals surface area contributed by atoms with Gasteiger partial charge in [-0.15, -0.1) is 13.2 Å². The standard InChI is InChI=1S/C8H13NO3/c1-3-5-9(6-4-2)7-8-10-12-11-8/h3-4,8H,1-2,5-7H2. The SMILES string of the molecule is C=CCN(CC=C)CC1OOO1. The van der Waals surface area contributed by atoms with Gasteiger partial charge >= 0.3 is 0 Å². The normalized spacial score (nSPS) is 17.4. The molecule has 68 valence electrons. The predicted molar refractivity (Wildman–Crippen MR) is 43.9 cm³/mol. The van der Waals surface area contributed by atoms with E-state index in [2.05, 4.69) is 32.9 Å². The van der Waals surface area contributed by atoms with Crippen LogP contribution in [0.3, 0.4) is 0 Å². The van der Waals surface area contributed by atoms with Gasteiger partial charge in [0.05, 0.1) is 6.54 Å². The molecule has 4 heteroatoms. The second kappa shape index (κ2) is 5.05. The van der Waals surface area contributed by atoms with Crippen molar-refractivity contribution >= 4 is 0 Å². The molecule has 0 spiro atoms. The van der Waals surface area contributed by atoms with Crippen molar-refractivity contribution in [1.29, 1.82) is 0 Å². The van der Waals surface area contributed by atoms with Gasteiger partial charge in [0.2, 0.25) is 6.29 Å². The molecule has 0 saturated carbocycles. The van der Waals surface area contributed by atoms with Crippen molar-refractivity contribution in [3.8, 4) is 0 Å². The van der Waals surface area contributed by atoms with Crippen LogP contribution in [0.4, 0.5) is 0 Å². The molecule has 4 nitrogen and oxygen atoms in total. The van der Waals surface area contributed by atoms with Crippen LogP contribution >= 0.6 is 0 Å². The van der Waals surface area contributed by atoms with Crippen molar-refractivity contribution in [1.82, 2.24) is 4.90 Å². The van der Waals surface area contributed by atoms with Crippen LogP contribution in [0.25, 0.3) is 0 Å². The van der Waals surface area contributed by atoms with Gasteiger partial charge in [0.15, 0.2) is 0 Å². The molecule has 0 amide bonds. The van der Waals surface area contributed by atoms with Crippen LogP contribution in [0.5, 0.6) is 0 Å². The van der Waals surface area contributed by atoms with Gasteiger partial charge in [-0.25, -0.2) is 0 Å². The second-order valence-electron chi connectivity index (χ2n) is 2.49. The number of hydrogen-bond donors (Lipinski definition) is 0. The van der Waals surface area contributed by atoms with Crippen LogP contribution < -0.4 is 0 Å².